The van der Waals surface area contributed by atoms with Gasteiger partial charge in [-0.2, -0.15) is 0 Å². The highest BCUT2D eigenvalue weighted by Gasteiger charge is 2.21. The van der Waals surface area contributed by atoms with Gasteiger partial charge in [0, 0.05) is 15.5 Å². The van der Waals surface area contributed by atoms with E-state index < -0.39 is 23.7 Å². The molecule has 23 heavy (non-hydrogen) atoms. The van der Waals surface area contributed by atoms with Crippen LogP contribution in [0.2, 0.25) is 5.02 Å². The predicted octanol–water partition coefficient (Wildman–Crippen LogP) is 3.50. The summed E-state index contributed by atoms with van der Waals surface area (Å²) in [7, 11) is 1.29. The van der Waals surface area contributed by atoms with Crippen LogP contribution in [0.1, 0.15) is 22.9 Å². The molecule has 0 spiro atoms. The number of carbonyl (C=O) groups is 2. The van der Waals surface area contributed by atoms with Gasteiger partial charge in [-0.05, 0) is 23.6 Å². The maximum absolute atomic E-state index is 13.7. The van der Waals surface area contributed by atoms with Gasteiger partial charge >= 0.3 is 5.97 Å². The Morgan fingerprint density at radius 2 is 2.13 bits per heavy atom. The number of rotatable bonds is 6. The van der Waals surface area contributed by atoms with Crippen molar-refractivity contribution in [1.82, 2.24) is 5.32 Å². The molecule has 1 heterocycles. The number of methoxy groups -OCH3 is 1. The molecule has 0 aliphatic heterocycles. The number of nitrogens with one attached hydrogen (secondary N) is 1. The summed E-state index contributed by atoms with van der Waals surface area (Å²) in [5, 5.41) is 4.77. The predicted molar refractivity (Wildman–Crippen MR) is 86.9 cm³/mol. The number of ether oxygens (including phenoxy) is 1. The van der Waals surface area contributed by atoms with Crippen molar-refractivity contribution in [1.29, 1.82) is 0 Å². The Morgan fingerprint density at radius 3 is 2.74 bits per heavy atom. The molecule has 1 amide bonds. The summed E-state index contributed by atoms with van der Waals surface area (Å²) in [6.07, 6.45) is -0.192. The molecular weight excluding hydrogens is 341 g/mol. The average molecular weight is 356 g/mol. The molecule has 1 atom stereocenters. The number of benzene rings is 1. The van der Waals surface area contributed by atoms with E-state index in [4.69, 9.17) is 11.6 Å². The number of carbonyl (C=O) groups excluding carboxylic acids is 2. The Morgan fingerprint density at radius 1 is 1.35 bits per heavy atom. The maximum atomic E-state index is 13.7. The summed E-state index contributed by atoms with van der Waals surface area (Å²) in [5.74, 6) is -1.39. The monoisotopic (exact) mass is 355 g/mol. The minimum atomic E-state index is -0.534. The molecule has 0 aliphatic rings. The van der Waals surface area contributed by atoms with Gasteiger partial charge < -0.3 is 10.1 Å². The first-order valence-electron chi connectivity index (χ1n) is 6.83. The lowest BCUT2D eigenvalue weighted by Crippen LogP contribution is -2.31. The first kappa shape index (κ1) is 17.4. The van der Waals surface area contributed by atoms with Gasteiger partial charge in [0.2, 0.25) is 5.91 Å². The fourth-order valence-corrected chi connectivity index (χ4v) is 3.08. The van der Waals surface area contributed by atoms with Crippen LogP contribution in [-0.4, -0.2) is 19.0 Å². The van der Waals surface area contributed by atoms with Crippen molar-refractivity contribution in [2.45, 2.75) is 18.9 Å². The molecule has 0 radical (unpaired) electrons. The Bertz CT molecular complexity index is 670. The molecule has 7 heteroatoms. The van der Waals surface area contributed by atoms with Crippen molar-refractivity contribution < 1.29 is 18.7 Å². The highest BCUT2D eigenvalue weighted by molar-refractivity contribution is 7.10. The molecule has 1 aromatic heterocycles. The van der Waals surface area contributed by atoms with E-state index in [1.165, 1.54) is 36.6 Å². The first-order valence-corrected chi connectivity index (χ1v) is 8.09. The first-order chi connectivity index (χ1) is 11.0. The minimum Gasteiger partial charge on any atom is -0.469 e. The third-order valence-electron chi connectivity index (χ3n) is 3.22. The third kappa shape index (κ3) is 4.77. The van der Waals surface area contributed by atoms with Crippen LogP contribution in [0.3, 0.4) is 0 Å². The van der Waals surface area contributed by atoms with Crippen molar-refractivity contribution in [3.8, 4) is 0 Å². The van der Waals surface area contributed by atoms with Crippen LogP contribution in [0.4, 0.5) is 4.39 Å². The fraction of sp³-hybridized carbons (Fsp3) is 0.250. The molecule has 1 N–H and O–H groups in total. The van der Waals surface area contributed by atoms with E-state index in [1.807, 2.05) is 17.5 Å². The molecule has 0 saturated heterocycles. The van der Waals surface area contributed by atoms with Crippen LogP contribution in [0.5, 0.6) is 0 Å². The van der Waals surface area contributed by atoms with E-state index in [0.29, 0.717) is 0 Å². The summed E-state index contributed by atoms with van der Waals surface area (Å²) in [6, 6.07) is 7.38. The van der Waals surface area contributed by atoms with Crippen molar-refractivity contribution in [2.75, 3.05) is 7.11 Å². The number of halogens is 2. The van der Waals surface area contributed by atoms with Crippen molar-refractivity contribution in [3.63, 3.8) is 0 Å². The second-order valence-electron chi connectivity index (χ2n) is 4.79. The van der Waals surface area contributed by atoms with E-state index in [2.05, 4.69) is 10.1 Å². The molecule has 0 unspecified atom stereocenters. The average Bonchev–Trinajstić information content (AvgIpc) is 3.04. The molecular formula is C16H15ClFNO3S. The number of hydrogen-bond acceptors (Lipinski definition) is 4. The molecule has 0 aliphatic carbocycles. The number of hydrogen-bond donors (Lipinski definition) is 1. The highest BCUT2D eigenvalue weighted by Crippen LogP contribution is 2.24. The lowest BCUT2D eigenvalue weighted by Gasteiger charge is -2.17. The second kappa shape index (κ2) is 8.08. The summed E-state index contributed by atoms with van der Waals surface area (Å²) < 4.78 is 18.4. The van der Waals surface area contributed by atoms with Crippen molar-refractivity contribution in [3.05, 3.63) is 57.0 Å². The van der Waals surface area contributed by atoms with Gasteiger partial charge in [-0.25, -0.2) is 4.39 Å². The van der Waals surface area contributed by atoms with E-state index >= 15 is 0 Å². The molecule has 0 fully saturated rings. The standard InChI is InChI=1S/C16H15ClFNO3S/c1-22-16(21)9-13(14-6-3-7-23-14)19-15(20)8-10-11(17)4-2-5-12(10)18/h2-7,13H,8-9H2,1H3,(H,19,20)/t13-/m1/s1. The summed E-state index contributed by atoms with van der Waals surface area (Å²) in [6.45, 7) is 0. The zero-order valence-electron chi connectivity index (χ0n) is 12.3. The number of esters is 1. The van der Waals surface area contributed by atoms with Crippen molar-refractivity contribution in [2.24, 2.45) is 0 Å². The largest absolute Gasteiger partial charge is 0.469 e. The van der Waals surface area contributed by atoms with Gasteiger partial charge in [0.05, 0.1) is 26.0 Å². The molecule has 4 nitrogen and oxygen atoms in total. The Kier molecular flexibility index (Phi) is 6.12. The Hall–Kier alpha value is -1.92. The topological polar surface area (TPSA) is 55.4 Å². The van der Waals surface area contributed by atoms with Crippen LogP contribution < -0.4 is 5.32 Å². The van der Waals surface area contributed by atoms with Gasteiger partial charge in [-0.1, -0.05) is 23.7 Å². The minimum absolute atomic E-state index is 0.00770. The highest BCUT2D eigenvalue weighted by atomic mass is 35.5. The zero-order chi connectivity index (χ0) is 16.8. The smallest absolute Gasteiger partial charge is 0.307 e. The molecule has 2 rings (SSSR count). The third-order valence-corrected chi connectivity index (χ3v) is 4.56. The van der Waals surface area contributed by atoms with Crippen LogP contribution in [-0.2, 0) is 20.7 Å². The van der Waals surface area contributed by atoms with Crippen molar-refractivity contribution >= 4 is 34.8 Å². The van der Waals surface area contributed by atoms with E-state index in [0.717, 1.165) is 4.88 Å². The number of amides is 1. The Labute approximate surface area is 142 Å². The second-order valence-corrected chi connectivity index (χ2v) is 6.18. The summed E-state index contributed by atoms with van der Waals surface area (Å²) >= 11 is 7.34. The van der Waals surface area contributed by atoms with E-state index in [1.54, 1.807) is 0 Å². The normalized spacial score (nSPS) is 11.8. The maximum Gasteiger partial charge on any atom is 0.307 e. The molecule has 0 saturated carbocycles. The lowest BCUT2D eigenvalue weighted by atomic mass is 10.1. The van der Waals surface area contributed by atoms with Gasteiger partial charge in [-0.3, -0.25) is 9.59 Å². The Balaban J connectivity index is 2.10. The summed E-state index contributed by atoms with van der Waals surface area (Å²) in [4.78, 5) is 24.5. The molecule has 122 valence electrons. The molecule has 1 aromatic carbocycles. The van der Waals surface area contributed by atoms with Gasteiger partial charge in [0.15, 0.2) is 0 Å². The zero-order valence-corrected chi connectivity index (χ0v) is 13.9. The molecule has 0 bridgehead atoms. The number of thiophene rings is 1. The quantitative estimate of drug-likeness (QED) is 0.807. The van der Waals surface area contributed by atoms with Crippen LogP contribution >= 0.6 is 22.9 Å². The van der Waals surface area contributed by atoms with E-state index in [9.17, 15) is 14.0 Å². The van der Waals surface area contributed by atoms with E-state index in [-0.39, 0.29) is 23.4 Å². The van der Waals surface area contributed by atoms with Crippen LogP contribution in [0, 0.1) is 5.82 Å². The van der Waals surface area contributed by atoms with Gasteiger partial charge in [0.25, 0.3) is 0 Å². The van der Waals surface area contributed by atoms with Crippen LogP contribution in [0.25, 0.3) is 0 Å². The van der Waals surface area contributed by atoms with Gasteiger partial charge in [0.1, 0.15) is 5.82 Å². The molecule has 2 aromatic rings. The summed E-state index contributed by atoms with van der Waals surface area (Å²) in [5.41, 5.74) is 0.134. The SMILES string of the molecule is COC(=O)C[C@@H](NC(=O)Cc1c(F)cccc1Cl)c1cccs1. The lowest BCUT2D eigenvalue weighted by molar-refractivity contribution is -0.141. The van der Waals surface area contributed by atoms with Gasteiger partial charge in [-0.15, -0.1) is 11.3 Å². The van der Waals surface area contributed by atoms with Crippen LogP contribution in [0.15, 0.2) is 35.7 Å². The fourth-order valence-electron chi connectivity index (χ4n) is 2.07.